The molecule has 0 aromatic heterocycles. The summed E-state index contributed by atoms with van der Waals surface area (Å²) in [6.07, 6.45) is 1.77. The number of hydrogen-bond acceptors (Lipinski definition) is 3. The van der Waals surface area contributed by atoms with Gasteiger partial charge < -0.3 is 4.74 Å². The molecule has 3 rings (SSSR count). The van der Waals surface area contributed by atoms with Crippen LogP contribution in [0.3, 0.4) is 0 Å². The molecule has 0 N–H and O–H groups in total. The Morgan fingerprint density at radius 2 is 1.74 bits per heavy atom. The van der Waals surface area contributed by atoms with Crippen molar-refractivity contribution >= 4 is 35.1 Å². The van der Waals surface area contributed by atoms with Crippen LogP contribution < -0.4 is 9.64 Å². The summed E-state index contributed by atoms with van der Waals surface area (Å²) in [5, 5.41) is 0.629. The number of benzene rings is 2. The topological polar surface area (TPSA) is 41.9 Å². The first-order valence-corrected chi connectivity index (χ1v) is 7.47. The van der Waals surface area contributed by atoms with E-state index in [1.807, 2.05) is 24.3 Å². The normalized spacial score (nSPS) is 16.0. The van der Waals surface area contributed by atoms with Crippen LogP contribution in [0.5, 0.6) is 5.75 Å². The van der Waals surface area contributed by atoms with E-state index in [1.165, 1.54) is 0 Å². The second-order valence-corrected chi connectivity index (χ2v) is 5.52. The zero-order valence-corrected chi connectivity index (χ0v) is 13.5. The monoisotopic (exact) mass is 326 g/mol. The summed E-state index contributed by atoms with van der Waals surface area (Å²) >= 11 is 5.90. The molecule has 0 bridgehead atoms. The van der Waals surface area contributed by atoms with E-state index in [0.29, 0.717) is 16.6 Å². The highest BCUT2D eigenvalue weighted by molar-refractivity contribution is 6.31. The molecule has 0 radical (unpaired) electrons. The van der Waals surface area contributed by atoms with Gasteiger partial charge in [-0.3, -0.25) is 9.69 Å². The number of amidine groups is 1. The Labute approximate surface area is 139 Å². The van der Waals surface area contributed by atoms with Gasteiger partial charge in [-0.15, -0.1) is 0 Å². The van der Waals surface area contributed by atoms with Gasteiger partial charge in [0.25, 0.3) is 5.91 Å². The Morgan fingerprint density at radius 3 is 2.35 bits per heavy atom. The van der Waals surface area contributed by atoms with Crippen molar-refractivity contribution in [2.45, 2.75) is 6.92 Å². The van der Waals surface area contributed by atoms with Crippen molar-refractivity contribution in [2.75, 3.05) is 12.0 Å². The standard InChI is InChI=1S/C18H15ClN2O2/c1-12-20-17(11-13-3-9-16(23-2)10-4-13)18(22)21(12)15-7-5-14(19)6-8-15/h3-11H,1-2H3/b17-11+. The number of ether oxygens (including phenoxy) is 1. The summed E-state index contributed by atoms with van der Waals surface area (Å²) in [7, 11) is 1.62. The Bertz CT molecular complexity index is 793. The third kappa shape index (κ3) is 3.12. The molecule has 1 amide bonds. The first kappa shape index (κ1) is 15.3. The van der Waals surface area contributed by atoms with Gasteiger partial charge in [-0.05, 0) is 55.0 Å². The third-order valence-corrected chi connectivity index (χ3v) is 3.78. The fourth-order valence-corrected chi connectivity index (χ4v) is 2.51. The van der Waals surface area contributed by atoms with E-state index in [4.69, 9.17) is 16.3 Å². The molecule has 1 aliphatic rings. The minimum absolute atomic E-state index is 0.152. The molecule has 1 heterocycles. The molecule has 0 unspecified atom stereocenters. The average Bonchev–Trinajstić information content (AvgIpc) is 2.83. The number of halogens is 1. The predicted molar refractivity (Wildman–Crippen MR) is 93.0 cm³/mol. The van der Waals surface area contributed by atoms with Gasteiger partial charge in [-0.25, -0.2) is 4.99 Å². The second kappa shape index (κ2) is 6.26. The fraction of sp³-hybridized carbons (Fsp3) is 0.111. The summed E-state index contributed by atoms with van der Waals surface area (Å²) in [5.41, 5.74) is 2.05. The Morgan fingerprint density at radius 1 is 1.09 bits per heavy atom. The number of hydrogen-bond donors (Lipinski definition) is 0. The van der Waals surface area contributed by atoms with Gasteiger partial charge in [0.15, 0.2) is 0 Å². The predicted octanol–water partition coefficient (Wildman–Crippen LogP) is 4.15. The van der Waals surface area contributed by atoms with Crippen LogP contribution in [0.15, 0.2) is 59.2 Å². The molecule has 2 aromatic carbocycles. The summed E-state index contributed by atoms with van der Waals surface area (Å²) in [6.45, 7) is 1.81. The summed E-state index contributed by atoms with van der Waals surface area (Å²) in [5.74, 6) is 1.25. The maximum absolute atomic E-state index is 12.6. The van der Waals surface area contributed by atoms with Crippen molar-refractivity contribution in [3.8, 4) is 5.75 Å². The largest absolute Gasteiger partial charge is 0.497 e. The fourth-order valence-electron chi connectivity index (χ4n) is 2.38. The van der Waals surface area contributed by atoms with Crippen LogP contribution >= 0.6 is 11.6 Å². The van der Waals surface area contributed by atoms with Crippen LogP contribution in [-0.2, 0) is 4.79 Å². The molecule has 2 aromatic rings. The number of carbonyl (C=O) groups is 1. The van der Waals surface area contributed by atoms with Crippen LogP contribution in [0.1, 0.15) is 12.5 Å². The SMILES string of the molecule is COc1ccc(/C=C2/N=C(C)N(c3ccc(Cl)cc3)C2=O)cc1. The van der Waals surface area contributed by atoms with Crippen molar-refractivity contribution in [1.29, 1.82) is 0 Å². The highest BCUT2D eigenvalue weighted by Gasteiger charge is 2.28. The van der Waals surface area contributed by atoms with E-state index < -0.39 is 0 Å². The maximum atomic E-state index is 12.6. The van der Waals surface area contributed by atoms with Crippen LogP contribution in [0.4, 0.5) is 5.69 Å². The first-order valence-electron chi connectivity index (χ1n) is 7.09. The van der Waals surface area contributed by atoms with Crippen molar-refractivity contribution in [3.05, 3.63) is 64.8 Å². The lowest BCUT2D eigenvalue weighted by atomic mass is 10.2. The number of carbonyl (C=O) groups excluding carboxylic acids is 1. The first-order chi connectivity index (χ1) is 11.1. The minimum Gasteiger partial charge on any atom is -0.497 e. The number of anilines is 1. The molecule has 0 atom stereocenters. The molecular formula is C18H15ClN2O2. The van der Waals surface area contributed by atoms with E-state index in [1.54, 1.807) is 49.3 Å². The average molecular weight is 327 g/mol. The van der Waals surface area contributed by atoms with Gasteiger partial charge in [0.2, 0.25) is 0 Å². The summed E-state index contributed by atoms with van der Waals surface area (Å²) in [4.78, 5) is 18.6. The molecule has 0 saturated heterocycles. The quantitative estimate of drug-likeness (QED) is 0.795. The zero-order chi connectivity index (χ0) is 16.4. The van der Waals surface area contributed by atoms with E-state index in [-0.39, 0.29) is 5.91 Å². The van der Waals surface area contributed by atoms with Crippen molar-refractivity contribution in [3.63, 3.8) is 0 Å². The third-order valence-electron chi connectivity index (χ3n) is 3.53. The minimum atomic E-state index is -0.152. The van der Waals surface area contributed by atoms with Crippen LogP contribution in [-0.4, -0.2) is 18.9 Å². The van der Waals surface area contributed by atoms with Crippen LogP contribution in [0.25, 0.3) is 6.08 Å². The number of aliphatic imine (C=N–C) groups is 1. The zero-order valence-electron chi connectivity index (χ0n) is 12.8. The van der Waals surface area contributed by atoms with Crippen molar-refractivity contribution in [2.24, 2.45) is 4.99 Å². The Kier molecular flexibility index (Phi) is 4.17. The van der Waals surface area contributed by atoms with Gasteiger partial charge in [-0.1, -0.05) is 23.7 Å². The van der Waals surface area contributed by atoms with Gasteiger partial charge in [0.05, 0.1) is 12.8 Å². The van der Waals surface area contributed by atoms with E-state index in [2.05, 4.69) is 4.99 Å². The highest BCUT2D eigenvalue weighted by Crippen LogP contribution is 2.26. The Hall–Kier alpha value is -2.59. The molecule has 116 valence electrons. The van der Waals surface area contributed by atoms with Gasteiger partial charge in [0, 0.05) is 5.02 Å². The molecule has 0 aliphatic carbocycles. The molecule has 5 heteroatoms. The molecule has 1 aliphatic heterocycles. The second-order valence-electron chi connectivity index (χ2n) is 5.08. The van der Waals surface area contributed by atoms with E-state index >= 15 is 0 Å². The van der Waals surface area contributed by atoms with Crippen molar-refractivity contribution < 1.29 is 9.53 Å². The number of nitrogens with zero attached hydrogens (tertiary/aromatic N) is 2. The molecular weight excluding hydrogens is 312 g/mol. The number of rotatable bonds is 3. The van der Waals surface area contributed by atoms with E-state index in [9.17, 15) is 4.79 Å². The van der Waals surface area contributed by atoms with E-state index in [0.717, 1.165) is 17.0 Å². The molecule has 0 saturated carbocycles. The maximum Gasteiger partial charge on any atom is 0.282 e. The Balaban J connectivity index is 1.89. The summed E-state index contributed by atoms with van der Waals surface area (Å²) < 4.78 is 5.13. The van der Waals surface area contributed by atoms with Crippen LogP contribution in [0, 0.1) is 0 Å². The smallest absolute Gasteiger partial charge is 0.282 e. The number of amides is 1. The molecule has 4 nitrogen and oxygen atoms in total. The summed E-state index contributed by atoms with van der Waals surface area (Å²) in [6, 6.07) is 14.6. The van der Waals surface area contributed by atoms with Gasteiger partial charge in [0.1, 0.15) is 17.3 Å². The lowest BCUT2D eigenvalue weighted by Gasteiger charge is -2.15. The molecule has 23 heavy (non-hydrogen) atoms. The van der Waals surface area contributed by atoms with Gasteiger partial charge >= 0.3 is 0 Å². The lowest BCUT2D eigenvalue weighted by Crippen LogP contribution is -2.30. The van der Waals surface area contributed by atoms with Crippen molar-refractivity contribution in [1.82, 2.24) is 0 Å². The lowest BCUT2D eigenvalue weighted by molar-refractivity contribution is -0.113. The van der Waals surface area contributed by atoms with Crippen LogP contribution in [0.2, 0.25) is 5.02 Å². The molecule has 0 fully saturated rings. The van der Waals surface area contributed by atoms with Gasteiger partial charge in [-0.2, -0.15) is 0 Å². The highest BCUT2D eigenvalue weighted by atomic mass is 35.5. The molecule has 0 spiro atoms. The number of methoxy groups -OCH3 is 1.